The van der Waals surface area contributed by atoms with Crippen LogP contribution >= 0.6 is 0 Å². The quantitative estimate of drug-likeness (QED) is 0.529. The zero-order chi connectivity index (χ0) is 24.2. The normalized spacial score (nSPS) is 23.6. The van der Waals surface area contributed by atoms with Gasteiger partial charge in [-0.1, -0.05) is 13.8 Å². The van der Waals surface area contributed by atoms with Gasteiger partial charge in [0, 0.05) is 47.6 Å². The van der Waals surface area contributed by atoms with E-state index in [0.717, 1.165) is 25.0 Å². The summed E-state index contributed by atoms with van der Waals surface area (Å²) in [7, 11) is 0. The van der Waals surface area contributed by atoms with Crippen LogP contribution in [0.5, 0.6) is 11.5 Å². The number of rotatable bonds is 3. The average molecular weight is 468 g/mol. The van der Waals surface area contributed by atoms with E-state index in [4.69, 9.17) is 9.47 Å². The van der Waals surface area contributed by atoms with Crippen LogP contribution in [0.15, 0.2) is 34.7 Å². The minimum Gasteiger partial charge on any atom is -0.454 e. The van der Waals surface area contributed by atoms with Gasteiger partial charge in [-0.3, -0.25) is 19.7 Å². The Morgan fingerprint density at radius 2 is 1.82 bits per heavy atom. The van der Waals surface area contributed by atoms with Crippen LogP contribution in [0.4, 0.5) is 5.69 Å². The molecular weight excluding hydrogens is 438 g/mol. The summed E-state index contributed by atoms with van der Waals surface area (Å²) in [5, 5.41) is 15.5. The molecule has 3 heterocycles. The third-order valence-corrected chi connectivity index (χ3v) is 7.14. The molecule has 180 valence electrons. The number of benzene rings is 1. The number of ether oxygens (including phenoxy) is 2. The van der Waals surface area contributed by atoms with Crippen LogP contribution < -0.4 is 14.8 Å². The predicted molar refractivity (Wildman–Crippen MR) is 123 cm³/mol. The topological polar surface area (TPSA) is 111 Å². The molecule has 1 aromatic carbocycles. The minimum atomic E-state index is -0.843. The van der Waals surface area contributed by atoms with Crippen molar-refractivity contribution in [3.05, 3.63) is 50.4 Å². The Balaban J connectivity index is 1.71. The Labute approximate surface area is 197 Å². The molecule has 1 aromatic rings. The van der Waals surface area contributed by atoms with Crippen molar-refractivity contribution >= 4 is 17.4 Å². The number of fused-ring (bicyclic) bond motifs is 1. The first-order valence-corrected chi connectivity index (χ1v) is 11.8. The highest BCUT2D eigenvalue weighted by atomic mass is 16.7. The number of carbonyl (C=O) groups is 2. The molecule has 0 aromatic heterocycles. The van der Waals surface area contributed by atoms with Crippen LogP contribution in [-0.2, 0) is 9.59 Å². The van der Waals surface area contributed by atoms with Crippen molar-refractivity contribution in [3.63, 3.8) is 0 Å². The fourth-order valence-corrected chi connectivity index (χ4v) is 5.63. The predicted octanol–water partition coefficient (Wildman–Crippen LogP) is 3.94. The monoisotopic (exact) mass is 467 g/mol. The molecule has 0 saturated carbocycles. The average Bonchev–Trinajstić information content (AvgIpc) is 3.24. The van der Waals surface area contributed by atoms with Crippen molar-refractivity contribution < 1.29 is 24.0 Å². The summed E-state index contributed by atoms with van der Waals surface area (Å²) in [6.45, 7) is 7.12. The molecule has 3 aliphatic heterocycles. The van der Waals surface area contributed by atoms with Crippen molar-refractivity contribution in [1.82, 2.24) is 10.2 Å². The van der Waals surface area contributed by atoms with E-state index in [0.29, 0.717) is 54.3 Å². The van der Waals surface area contributed by atoms with E-state index < -0.39 is 10.8 Å². The third kappa shape index (κ3) is 3.73. The lowest BCUT2D eigenvalue weighted by atomic mass is 9.68. The summed E-state index contributed by atoms with van der Waals surface area (Å²) < 4.78 is 10.9. The molecule has 0 spiro atoms. The Bertz CT molecular complexity index is 1160. The number of piperidine rings is 1. The second-order valence-electron chi connectivity index (χ2n) is 10.3. The summed E-state index contributed by atoms with van der Waals surface area (Å²) in [5.74, 6) is -0.436. The molecule has 1 fully saturated rings. The molecule has 4 aliphatic rings. The van der Waals surface area contributed by atoms with E-state index in [-0.39, 0.29) is 35.1 Å². The standard InChI is InChI=1S/C25H29N3O6/c1-14-21(24(30)27-7-5-4-6-8-27)22(23-16(26-14)11-25(2,3)12-18(23)29)15-9-19-20(34-13-33-19)10-17(15)28(31)32/h9-10,22,26H,4-8,11-13H2,1-3H3/t22-/m1/s1. The number of Topliss-reactive ketones (excluding diaryl/α,β-unsaturated/α-hetero) is 1. The number of nitrogens with one attached hydrogen (secondary N) is 1. The third-order valence-electron chi connectivity index (χ3n) is 7.14. The van der Waals surface area contributed by atoms with Crippen molar-refractivity contribution in [2.24, 2.45) is 5.41 Å². The van der Waals surface area contributed by atoms with Gasteiger partial charge in [-0.15, -0.1) is 0 Å². The highest BCUT2D eigenvalue weighted by molar-refractivity contribution is 6.05. The van der Waals surface area contributed by atoms with Crippen LogP contribution in [-0.4, -0.2) is 41.4 Å². The summed E-state index contributed by atoms with van der Waals surface area (Å²) >= 11 is 0. The zero-order valence-corrected chi connectivity index (χ0v) is 19.7. The zero-order valence-electron chi connectivity index (χ0n) is 19.7. The number of hydrogen-bond acceptors (Lipinski definition) is 7. The highest BCUT2D eigenvalue weighted by Crippen LogP contribution is 2.51. The Hall–Kier alpha value is -3.36. The molecule has 1 atom stereocenters. The van der Waals surface area contributed by atoms with Crippen molar-refractivity contribution in [2.45, 2.75) is 58.8 Å². The van der Waals surface area contributed by atoms with Gasteiger partial charge in [-0.25, -0.2) is 0 Å². The van der Waals surface area contributed by atoms with E-state index in [9.17, 15) is 19.7 Å². The van der Waals surface area contributed by atoms with Crippen molar-refractivity contribution in [1.29, 1.82) is 0 Å². The van der Waals surface area contributed by atoms with E-state index in [2.05, 4.69) is 5.32 Å². The number of amides is 1. The van der Waals surface area contributed by atoms with Crippen LogP contribution in [0.3, 0.4) is 0 Å². The smallest absolute Gasteiger partial charge is 0.277 e. The van der Waals surface area contributed by atoms with Gasteiger partial charge in [0.2, 0.25) is 6.79 Å². The number of nitrogens with zero attached hydrogens (tertiary/aromatic N) is 2. The summed E-state index contributed by atoms with van der Waals surface area (Å²) in [4.78, 5) is 40.8. The van der Waals surface area contributed by atoms with Gasteiger partial charge >= 0.3 is 0 Å². The largest absolute Gasteiger partial charge is 0.454 e. The van der Waals surface area contributed by atoms with Crippen LogP contribution in [0.1, 0.15) is 64.4 Å². The molecule has 34 heavy (non-hydrogen) atoms. The fraction of sp³-hybridized carbons (Fsp3) is 0.520. The number of carbonyl (C=O) groups excluding carboxylic acids is 2. The molecular formula is C25H29N3O6. The number of ketones is 1. The van der Waals surface area contributed by atoms with Crippen LogP contribution in [0.2, 0.25) is 0 Å². The Morgan fingerprint density at radius 3 is 2.50 bits per heavy atom. The van der Waals surface area contributed by atoms with Gasteiger partial charge in [-0.2, -0.15) is 0 Å². The molecule has 9 heteroatoms. The number of nitro benzene ring substituents is 1. The number of hydrogen-bond donors (Lipinski definition) is 1. The van der Waals surface area contributed by atoms with E-state index in [1.165, 1.54) is 6.07 Å². The molecule has 1 N–H and O–H groups in total. The molecule has 1 aliphatic carbocycles. The maximum atomic E-state index is 13.8. The van der Waals surface area contributed by atoms with E-state index in [1.54, 1.807) is 11.0 Å². The fourth-order valence-electron chi connectivity index (χ4n) is 5.63. The Morgan fingerprint density at radius 1 is 1.15 bits per heavy atom. The molecule has 9 nitrogen and oxygen atoms in total. The van der Waals surface area contributed by atoms with Crippen molar-refractivity contribution in [2.75, 3.05) is 19.9 Å². The maximum Gasteiger partial charge on any atom is 0.277 e. The second kappa shape index (κ2) is 8.14. The van der Waals surface area contributed by atoms with Gasteiger partial charge in [0.15, 0.2) is 17.3 Å². The second-order valence-corrected chi connectivity index (χ2v) is 10.3. The van der Waals surface area contributed by atoms with E-state index >= 15 is 0 Å². The lowest BCUT2D eigenvalue weighted by molar-refractivity contribution is -0.385. The highest BCUT2D eigenvalue weighted by Gasteiger charge is 2.46. The first-order chi connectivity index (χ1) is 16.2. The van der Waals surface area contributed by atoms with Crippen molar-refractivity contribution in [3.8, 4) is 11.5 Å². The number of dihydropyridines is 1. The molecule has 0 bridgehead atoms. The lowest BCUT2D eigenvalue weighted by Gasteiger charge is -2.40. The van der Waals surface area contributed by atoms with Gasteiger partial charge in [0.05, 0.1) is 16.9 Å². The van der Waals surface area contributed by atoms with Crippen LogP contribution in [0, 0.1) is 15.5 Å². The molecule has 0 radical (unpaired) electrons. The van der Waals surface area contributed by atoms with Gasteiger partial charge in [0.25, 0.3) is 11.6 Å². The number of allylic oxidation sites excluding steroid dienone is 3. The first-order valence-electron chi connectivity index (χ1n) is 11.8. The molecule has 0 unspecified atom stereocenters. The number of nitro groups is 1. The van der Waals surface area contributed by atoms with Gasteiger partial charge in [-0.05, 0) is 44.1 Å². The minimum absolute atomic E-state index is 0.0301. The van der Waals surface area contributed by atoms with Gasteiger partial charge in [0.1, 0.15) is 0 Å². The summed E-state index contributed by atoms with van der Waals surface area (Å²) in [6.07, 6.45) is 3.83. The lowest BCUT2D eigenvalue weighted by Crippen LogP contribution is -2.43. The molecule has 5 rings (SSSR count). The Kier molecular flexibility index (Phi) is 5.37. The summed E-state index contributed by atoms with van der Waals surface area (Å²) in [5.41, 5.74) is 2.09. The molecule has 1 amide bonds. The van der Waals surface area contributed by atoms with Crippen LogP contribution in [0.25, 0.3) is 0 Å². The van der Waals surface area contributed by atoms with E-state index in [1.807, 2.05) is 20.8 Å². The number of likely N-dealkylation sites (tertiary alicyclic amines) is 1. The first kappa shape index (κ1) is 22.4. The molecule has 1 saturated heterocycles. The maximum absolute atomic E-state index is 13.8. The van der Waals surface area contributed by atoms with Gasteiger partial charge < -0.3 is 19.7 Å². The summed E-state index contributed by atoms with van der Waals surface area (Å²) in [6, 6.07) is 2.92. The SMILES string of the molecule is CC1=C(C(=O)N2CCCCC2)[C@@H](c2cc3c(cc2[N+](=O)[O-])OCO3)C2=C(CC(C)(C)CC2=O)N1.